The van der Waals surface area contributed by atoms with Crippen LogP contribution in [0.2, 0.25) is 0 Å². The van der Waals surface area contributed by atoms with Gasteiger partial charge in [0, 0.05) is 18.8 Å². The van der Waals surface area contributed by atoms with E-state index in [0.717, 1.165) is 11.0 Å². The fourth-order valence-electron chi connectivity index (χ4n) is 3.49. The smallest absolute Gasteiger partial charge is 0.387 e. The van der Waals surface area contributed by atoms with E-state index in [1.54, 1.807) is 0 Å². The third-order valence-electron chi connectivity index (χ3n) is 5.11. The van der Waals surface area contributed by atoms with Crippen molar-refractivity contribution in [3.8, 4) is 11.8 Å². The molecule has 0 aliphatic carbocycles. The molecule has 2 aromatic rings. The highest BCUT2D eigenvalue weighted by Gasteiger charge is 2.40. The van der Waals surface area contributed by atoms with Crippen LogP contribution < -0.4 is 20.7 Å². The number of ether oxygens (including phenoxy) is 2. The molecule has 0 radical (unpaired) electrons. The molecule has 0 bridgehead atoms. The van der Waals surface area contributed by atoms with E-state index in [4.69, 9.17) is 15.7 Å². The van der Waals surface area contributed by atoms with Crippen molar-refractivity contribution >= 4 is 41.6 Å². The van der Waals surface area contributed by atoms with E-state index >= 15 is 0 Å². The summed E-state index contributed by atoms with van der Waals surface area (Å²) in [5, 5.41) is 31.3. The zero-order valence-electron chi connectivity index (χ0n) is 18.4. The third kappa shape index (κ3) is 6.04. The molecule has 2 atom stereocenters. The Morgan fingerprint density at radius 2 is 2.06 bits per heavy atom. The number of carbonyl (C=O) groups is 3. The molecular formula is C22H21ClF2N4O7. The molecule has 5 N–H and O–H groups in total. The number of anilines is 2. The predicted molar refractivity (Wildman–Crippen MR) is 123 cm³/mol. The molecule has 2 amide bonds. The molecule has 1 fully saturated rings. The van der Waals surface area contributed by atoms with Crippen LogP contribution in [-0.4, -0.2) is 60.0 Å². The van der Waals surface area contributed by atoms with Gasteiger partial charge in [0.25, 0.3) is 11.8 Å². The number of nitrogens with two attached hydrogens (primary N) is 1. The molecule has 36 heavy (non-hydrogen) atoms. The summed E-state index contributed by atoms with van der Waals surface area (Å²) in [6.45, 7) is -3.72. The highest BCUT2D eigenvalue weighted by atomic mass is 35.5. The Hall–Kier alpha value is -3.83. The lowest BCUT2D eigenvalue weighted by Gasteiger charge is -2.35. The predicted octanol–water partition coefficient (Wildman–Crippen LogP) is 1.47. The molecule has 0 unspecified atom stereocenters. The Kier molecular flexibility index (Phi) is 9.65. The summed E-state index contributed by atoms with van der Waals surface area (Å²) >= 11 is 0. The van der Waals surface area contributed by atoms with Gasteiger partial charge in [-0.1, -0.05) is 6.07 Å². The normalized spacial score (nSPS) is 16.1. The molecule has 11 nitrogen and oxygen atoms in total. The second-order valence-corrected chi connectivity index (χ2v) is 7.24. The number of morpholine rings is 1. The molecule has 0 saturated carbocycles. The van der Waals surface area contributed by atoms with E-state index in [-0.39, 0.29) is 43.5 Å². The largest absolute Gasteiger partial charge is 0.478 e. The fraction of sp³-hybridized carbons (Fsp3) is 0.273. The molecule has 1 saturated heterocycles. The molecule has 0 aromatic heterocycles. The first kappa shape index (κ1) is 28.4. The minimum absolute atomic E-state index is 0. The number of aromatic carboxylic acids is 1. The quantitative estimate of drug-likeness (QED) is 0.397. The first-order valence-corrected chi connectivity index (χ1v) is 10.1. The van der Waals surface area contributed by atoms with Gasteiger partial charge in [-0.2, -0.15) is 14.0 Å². The van der Waals surface area contributed by atoms with Gasteiger partial charge < -0.3 is 35.6 Å². The molecule has 3 rings (SSSR count). The number of nitriles is 1. The van der Waals surface area contributed by atoms with Crippen LogP contribution in [0.3, 0.4) is 0 Å². The van der Waals surface area contributed by atoms with Crippen molar-refractivity contribution in [3.63, 3.8) is 0 Å². The summed E-state index contributed by atoms with van der Waals surface area (Å²) in [7, 11) is 0. The number of alkyl halides is 2. The van der Waals surface area contributed by atoms with Gasteiger partial charge in [-0.3, -0.25) is 9.59 Å². The highest BCUT2D eigenvalue weighted by Crippen LogP contribution is 2.35. The number of hydrogen-bond donors (Lipinski definition) is 4. The molecule has 1 aliphatic rings. The molecule has 2 aromatic carbocycles. The number of rotatable bonds is 8. The standard InChI is InChI=1S/C22H20F2N4O7.ClH/c23-22(24)35-17-14(21(32)33)2-1-3-15(17)28-6-7-34-18(20(28)31)16(29)19(30)27-13-5-4-11(9-25)12(8-13)10-26;/h1-5,8,16,18,22,29H,6-7,10,26H2,(H,27,30)(H,32,33);1H/t16-,18-;/m1./s1. The number of aliphatic hydroxyl groups excluding tert-OH is 1. The summed E-state index contributed by atoms with van der Waals surface area (Å²) < 4.78 is 35.6. The first-order valence-electron chi connectivity index (χ1n) is 10.1. The monoisotopic (exact) mass is 526 g/mol. The number of hydrogen-bond acceptors (Lipinski definition) is 8. The van der Waals surface area contributed by atoms with Crippen LogP contribution >= 0.6 is 12.4 Å². The molecule has 0 spiro atoms. The number of para-hydroxylation sites is 1. The number of carboxylic acids is 1. The average Bonchev–Trinajstić information content (AvgIpc) is 2.83. The Labute approximate surface area is 209 Å². The maximum absolute atomic E-state index is 13.0. The van der Waals surface area contributed by atoms with Gasteiger partial charge >= 0.3 is 12.6 Å². The first-order chi connectivity index (χ1) is 16.7. The number of nitrogens with one attached hydrogen (secondary N) is 1. The van der Waals surface area contributed by atoms with Gasteiger partial charge in [-0.15, -0.1) is 12.4 Å². The number of carboxylic acid groups (broad SMARTS) is 1. The van der Waals surface area contributed by atoms with Gasteiger partial charge in [-0.05, 0) is 35.9 Å². The van der Waals surface area contributed by atoms with Crippen molar-refractivity contribution in [2.75, 3.05) is 23.4 Å². The minimum Gasteiger partial charge on any atom is -0.478 e. The van der Waals surface area contributed by atoms with Crippen LogP contribution in [0, 0.1) is 11.3 Å². The number of nitrogens with zero attached hydrogens (tertiary/aromatic N) is 2. The Morgan fingerprint density at radius 1 is 1.33 bits per heavy atom. The summed E-state index contributed by atoms with van der Waals surface area (Å²) in [6.07, 6.45) is -3.73. The van der Waals surface area contributed by atoms with E-state index in [1.165, 1.54) is 30.3 Å². The number of carbonyl (C=O) groups excluding carboxylic acids is 2. The minimum atomic E-state index is -3.37. The third-order valence-corrected chi connectivity index (χ3v) is 5.11. The van der Waals surface area contributed by atoms with E-state index in [9.17, 15) is 33.4 Å². The van der Waals surface area contributed by atoms with Crippen LogP contribution in [0.4, 0.5) is 20.2 Å². The zero-order valence-corrected chi connectivity index (χ0v) is 19.2. The highest BCUT2D eigenvalue weighted by molar-refractivity contribution is 6.05. The molecule has 1 aliphatic heterocycles. The lowest BCUT2D eigenvalue weighted by Crippen LogP contribution is -2.55. The van der Waals surface area contributed by atoms with Gasteiger partial charge in [-0.25, -0.2) is 4.79 Å². The topological polar surface area (TPSA) is 175 Å². The molecule has 1 heterocycles. The van der Waals surface area contributed by atoms with Gasteiger partial charge in [0.15, 0.2) is 18.0 Å². The van der Waals surface area contributed by atoms with Crippen molar-refractivity contribution < 1.29 is 42.9 Å². The second kappa shape index (κ2) is 12.2. The average molecular weight is 527 g/mol. The van der Waals surface area contributed by atoms with Crippen LogP contribution in [0.5, 0.6) is 5.75 Å². The van der Waals surface area contributed by atoms with Crippen molar-refractivity contribution in [2.24, 2.45) is 5.73 Å². The summed E-state index contributed by atoms with van der Waals surface area (Å²) in [5.41, 5.74) is 5.65. The van der Waals surface area contributed by atoms with E-state index in [0.29, 0.717) is 11.1 Å². The molecular weight excluding hydrogens is 506 g/mol. The maximum Gasteiger partial charge on any atom is 0.387 e. The number of amides is 2. The second-order valence-electron chi connectivity index (χ2n) is 7.24. The summed E-state index contributed by atoms with van der Waals surface area (Å²) in [5.74, 6) is -4.28. The van der Waals surface area contributed by atoms with Crippen molar-refractivity contribution in [3.05, 3.63) is 53.1 Å². The number of halogens is 3. The molecule has 192 valence electrons. The SMILES string of the molecule is Cl.N#Cc1ccc(NC(=O)[C@H](O)[C@H]2OCCN(c3cccc(C(=O)O)c3OC(F)F)C2=O)cc1CN. The summed E-state index contributed by atoms with van der Waals surface area (Å²) in [6, 6.07) is 9.67. The van der Waals surface area contributed by atoms with Crippen LogP contribution in [-0.2, 0) is 20.9 Å². The zero-order chi connectivity index (χ0) is 25.7. The number of aliphatic hydroxyl groups is 1. The number of benzene rings is 2. The maximum atomic E-state index is 13.0. The van der Waals surface area contributed by atoms with Crippen molar-refractivity contribution in [2.45, 2.75) is 25.4 Å². The Balaban J connectivity index is 0.00000456. The summed E-state index contributed by atoms with van der Waals surface area (Å²) in [4.78, 5) is 38.0. The molecule has 14 heteroatoms. The van der Waals surface area contributed by atoms with Crippen molar-refractivity contribution in [1.82, 2.24) is 0 Å². The van der Waals surface area contributed by atoms with Gasteiger partial charge in [0.05, 0.1) is 23.9 Å². The van der Waals surface area contributed by atoms with Gasteiger partial charge in [0.1, 0.15) is 5.56 Å². The van der Waals surface area contributed by atoms with E-state index < -0.39 is 47.9 Å². The van der Waals surface area contributed by atoms with Crippen LogP contribution in [0.1, 0.15) is 21.5 Å². The van der Waals surface area contributed by atoms with Crippen LogP contribution in [0.25, 0.3) is 0 Å². The fourth-order valence-corrected chi connectivity index (χ4v) is 3.49. The van der Waals surface area contributed by atoms with Gasteiger partial charge in [0.2, 0.25) is 0 Å². The Bertz CT molecular complexity index is 1190. The van der Waals surface area contributed by atoms with Crippen LogP contribution in [0.15, 0.2) is 36.4 Å². The Morgan fingerprint density at radius 3 is 2.67 bits per heavy atom. The van der Waals surface area contributed by atoms with E-state index in [2.05, 4.69) is 10.1 Å². The van der Waals surface area contributed by atoms with E-state index in [1.807, 2.05) is 6.07 Å². The lowest BCUT2D eigenvalue weighted by atomic mass is 10.1. The lowest BCUT2D eigenvalue weighted by molar-refractivity contribution is -0.150. The van der Waals surface area contributed by atoms with Crippen molar-refractivity contribution in [1.29, 1.82) is 5.26 Å².